The minimum atomic E-state index is -4.47. The van der Waals surface area contributed by atoms with Crippen LogP contribution in [0.15, 0.2) is 36.8 Å². The van der Waals surface area contributed by atoms with Crippen LogP contribution in [0, 0.1) is 0 Å². The van der Waals surface area contributed by atoms with Gasteiger partial charge in [-0.15, -0.1) is 49.3 Å². The largest absolute Gasteiger partial charge is 0.425 e. The van der Waals surface area contributed by atoms with Crippen molar-refractivity contribution in [1.82, 2.24) is 60.9 Å². The van der Waals surface area contributed by atoms with E-state index in [0.717, 1.165) is 39.4 Å². The number of aliphatic hydroxyl groups is 2. The molecule has 3 saturated heterocycles. The maximum Gasteiger partial charge on any atom is 0.425 e. The Hall–Kier alpha value is -4.07. The first-order valence-electron chi connectivity index (χ1n) is 25.7. The Balaban J connectivity index is 0.000000134. The summed E-state index contributed by atoms with van der Waals surface area (Å²) in [7, 11) is 3.42. The van der Waals surface area contributed by atoms with E-state index in [0.29, 0.717) is 85.0 Å². The fourth-order valence-electron chi connectivity index (χ4n) is 11.5. The third-order valence-corrected chi connectivity index (χ3v) is 18.7. The van der Waals surface area contributed by atoms with Crippen molar-refractivity contribution in [3.05, 3.63) is 99.3 Å². The highest BCUT2D eigenvalue weighted by Crippen LogP contribution is 2.55. The van der Waals surface area contributed by atoms with E-state index in [4.69, 9.17) is 29.9 Å². The number of halogens is 9. The lowest BCUT2D eigenvalue weighted by atomic mass is 9.76. The number of aromatic nitrogens is 9. The van der Waals surface area contributed by atoms with E-state index in [1.807, 2.05) is 19.9 Å². The van der Waals surface area contributed by atoms with Gasteiger partial charge in [-0.25, -0.2) is 8.78 Å². The molecule has 6 aromatic heterocycles. The van der Waals surface area contributed by atoms with Crippen LogP contribution in [0.3, 0.4) is 0 Å². The Labute approximate surface area is 451 Å². The number of nitrogens with zero attached hydrogens (tertiary/aromatic N) is 9. The minimum Gasteiger partial charge on any atom is -0.386 e. The van der Waals surface area contributed by atoms with Gasteiger partial charge in [0.2, 0.25) is 0 Å². The molecule has 6 aromatic rings. The van der Waals surface area contributed by atoms with Crippen LogP contribution in [-0.4, -0.2) is 99.6 Å². The van der Waals surface area contributed by atoms with Crippen molar-refractivity contribution in [3.63, 3.8) is 0 Å². The summed E-state index contributed by atoms with van der Waals surface area (Å²) >= 11 is 8.85. The standard InChI is InChI=1S/C16H17F5N4OS.C16H19F3N4O2S.C15H19ClN4O2S/c1-25-7-11(23-24-25)9-5-15(6-10(22-9)14(17)18)13-8(2-3-26-15)4-12(27-13)16(19,20)21;1-8-4-15(5-10(20-8)11-6-23(2)22-21-11)9-3-13(16(17,18)19)26-14(9)12(24)7-25-15;1-8-4-15(5-10(17-8)11-6-20(2)19-18-11)14-9(3-13(16)23-14)12(21)7-22-15/h4,7,9-10,14,22H,2-3,5-6H2,1H3;3,6,8,10,12,20,24H,4-5,7H2,1-2H3;3,6,8,10,12,17,21H,4-5,7H2,1-2H3/t;2*8-,10-,12+,15-/m.00/s1/i;;2D3. The molecule has 0 radical (unpaired) electrons. The molecule has 3 unspecified atom stereocenters. The SMILES string of the molecule is C[C@H]1C[C@@]2(C[C@@H](c3cn(C)nn3)N1)OC[C@@H](O)c1sc(C(F)(F)F)cc12.Cn1cc(C2CC3(CC(C(F)F)N2)OCCc2cc(C(F)(F)F)sc23)nn1.[2H]C([2H])([2H])n1cc([C@@H]2C[C@]3(C[C@H](C)N2)OC[C@@H](O)c2cc(Cl)sc23)nn1. The van der Waals surface area contributed by atoms with E-state index in [-0.39, 0.29) is 56.8 Å². The predicted molar refractivity (Wildman–Crippen MR) is 262 cm³/mol. The highest BCUT2D eigenvalue weighted by molar-refractivity contribution is 7.16. The second-order valence-electron chi connectivity index (χ2n) is 20.3. The van der Waals surface area contributed by atoms with Gasteiger partial charge in [-0.05, 0) is 56.9 Å². The van der Waals surface area contributed by atoms with Crippen molar-refractivity contribution in [2.45, 2.75) is 143 Å². The first-order valence-corrected chi connectivity index (χ1v) is 27.1. The molecular formula is C47H55ClF8N12O5S3. The molecule has 12 rings (SSSR count). The van der Waals surface area contributed by atoms with E-state index in [1.54, 1.807) is 31.2 Å². The molecule has 5 N–H and O–H groups in total. The minimum absolute atomic E-state index is 0.00749. The van der Waals surface area contributed by atoms with E-state index in [2.05, 4.69) is 46.9 Å². The third kappa shape index (κ3) is 11.0. The van der Waals surface area contributed by atoms with Gasteiger partial charge in [0.05, 0.1) is 71.0 Å². The van der Waals surface area contributed by atoms with Gasteiger partial charge in [0.15, 0.2) is 0 Å². The molecule has 6 aliphatic heterocycles. The van der Waals surface area contributed by atoms with Crippen molar-refractivity contribution < 1.29 is 63.7 Å². The number of ether oxygens (including phenoxy) is 3. The van der Waals surface area contributed by atoms with Crippen LogP contribution in [0.25, 0.3) is 0 Å². The maximum absolute atomic E-state index is 13.6. The summed E-state index contributed by atoms with van der Waals surface area (Å²) in [6.07, 6.45) is -5.73. The highest BCUT2D eigenvalue weighted by Gasteiger charge is 2.53. The number of nitrogens with one attached hydrogen (secondary N) is 3. The van der Waals surface area contributed by atoms with E-state index < -0.39 is 76.6 Å². The van der Waals surface area contributed by atoms with Gasteiger partial charge in [-0.2, -0.15) is 26.3 Å². The van der Waals surface area contributed by atoms with Crippen LogP contribution in [0.1, 0.15) is 145 Å². The number of fused-ring (bicyclic) bond motifs is 6. The molecule has 0 aliphatic carbocycles. The number of aryl methyl sites for hydroxylation is 3. The lowest BCUT2D eigenvalue weighted by molar-refractivity contribution is -0.136. The molecule has 17 nitrogen and oxygen atoms in total. The van der Waals surface area contributed by atoms with Crippen molar-refractivity contribution in [2.24, 2.45) is 21.1 Å². The monoisotopic (exact) mass is 1150 g/mol. The Morgan fingerprint density at radius 3 is 1.78 bits per heavy atom. The molecular weight excluding hydrogens is 1100 g/mol. The second-order valence-corrected chi connectivity index (χ2v) is 24.1. The molecule has 3 spiro atoms. The molecule has 6 aliphatic rings. The van der Waals surface area contributed by atoms with Crippen LogP contribution >= 0.6 is 45.6 Å². The Morgan fingerprint density at radius 2 is 1.21 bits per heavy atom. The van der Waals surface area contributed by atoms with E-state index in [9.17, 15) is 45.3 Å². The number of hydrogen-bond donors (Lipinski definition) is 5. The van der Waals surface area contributed by atoms with Gasteiger partial charge in [0, 0.05) is 107 Å². The van der Waals surface area contributed by atoms with Crippen LogP contribution in [0.2, 0.25) is 4.34 Å². The summed E-state index contributed by atoms with van der Waals surface area (Å²) in [6, 6.07) is 1.99. The number of piperidine rings is 3. The summed E-state index contributed by atoms with van der Waals surface area (Å²) in [5.74, 6) is 0. The summed E-state index contributed by atoms with van der Waals surface area (Å²) in [4.78, 5) is 0.287. The summed E-state index contributed by atoms with van der Waals surface area (Å²) in [5.41, 5.74) is 0.924. The van der Waals surface area contributed by atoms with Crippen LogP contribution in [-0.2, 0) is 70.9 Å². The normalized spacial score (nSPS) is 32.1. The molecule has 0 bridgehead atoms. The maximum atomic E-state index is 13.6. The first-order chi connectivity index (χ1) is 37.0. The van der Waals surface area contributed by atoms with E-state index in [1.165, 1.54) is 22.2 Å². The average molecular weight is 1150 g/mol. The zero-order valence-electron chi connectivity index (χ0n) is 44.0. The summed E-state index contributed by atoms with van der Waals surface area (Å²) in [6.45, 7) is 2.06. The lowest BCUT2D eigenvalue weighted by Crippen LogP contribution is -2.53. The zero-order chi connectivity index (χ0) is 56.8. The third-order valence-electron chi connectivity index (χ3n) is 14.6. The molecule has 29 heteroatoms. The quantitative estimate of drug-likeness (QED) is 0.106. The molecule has 3 fully saturated rings. The van der Waals surface area contributed by atoms with Gasteiger partial charge in [0.1, 0.15) is 33.2 Å². The second kappa shape index (κ2) is 20.9. The summed E-state index contributed by atoms with van der Waals surface area (Å²) < 4.78 is 151. The summed E-state index contributed by atoms with van der Waals surface area (Å²) in [5, 5.41) is 53.9. The van der Waals surface area contributed by atoms with Crippen molar-refractivity contribution >= 4 is 45.6 Å². The van der Waals surface area contributed by atoms with Gasteiger partial charge in [-0.3, -0.25) is 14.0 Å². The Kier molecular flexibility index (Phi) is 14.1. The van der Waals surface area contributed by atoms with Gasteiger partial charge < -0.3 is 40.4 Å². The van der Waals surface area contributed by atoms with Crippen molar-refractivity contribution in [3.8, 4) is 0 Å². The molecule has 414 valence electrons. The van der Waals surface area contributed by atoms with Crippen LogP contribution < -0.4 is 16.0 Å². The average Bonchev–Trinajstić information content (AvgIpc) is 4.41. The van der Waals surface area contributed by atoms with Crippen LogP contribution in [0.4, 0.5) is 35.1 Å². The fraction of sp³-hybridized carbons (Fsp3) is 0.617. The number of thiophene rings is 3. The zero-order valence-corrected chi connectivity index (χ0v) is 44.2. The molecule has 76 heavy (non-hydrogen) atoms. The number of rotatable bonds is 4. The lowest BCUT2D eigenvalue weighted by Gasteiger charge is -2.46. The number of alkyl halides is 8. The fourth-order valence-corrected chi connectivity index (χ4v) is 15.3. The number of hydrogen-bond acceptors (Lipinski definition) is 17. The van der Waals surface area contributed by atoms with Crippen LogP contribution in [0.5, 0.6) is 0 Å². The Bertz CT molecular complexity index is 3140. The topological polar surface area (TPSA) is 196 Å². The molecule has 11 atom stereocenters. The smallest absolute Gasteiger partial charge is 0.386 e. The molecule has 0 saturated carbocycles. The number of aliphatic hydroxyl groups excluding tert-OH is 2. The van der Waals surface area contributed by atoms with E-state index >= 15 is 0 Å². The van der Waals surface area contributed by atoms with Crippen molar-refractivity contribution in [1.29, 1.82) is 0 Å². The van der Waals surface area contributed by atoms with Gasteiger partial charge in [-0.1, -0.05) is 27.2 Å². The van der Waals surface area contributed by atoms with Gasteiger partial charge in [0.25, 0.3) is 6.43 Å². The molecule has 12 heterocycles. The van der Waals surface area contributed by atoms with Crippen molar-refractivity contribution in [2.75, 3.05) is 19.8 Å². The molecule has 0 aromatic carbocycles. The van der Waals surface area contributed by atoms with Gasteiger partial charge >= 0.3 is 12.4 Å². The predicted octanol–water partition coefficient (Wildman–Crippen LogP) is 8.39. The first kappa shape index (κ1) is 51.4. The Morgan fingerprint density at radius 1 is 0.684 bits per heavy atom. The molecule has 0 amide bonds. The highest BCUT2D eigenvalue weighted by atomic mass is 35.5.